The maximum Gasteiger partial charge on any atom is 0.0871 e. The number of hydrogen-bond donors (Lipinski definition) is 2. The molecule has 0 aliphatic carbocycles. The van der Waals surface area contributed by atoms with Crippen LogP contribution in [0.5, 0.6) is 0 Å². The molecule has 19 heavy (non-hydrogen) atoms. The molecule has 0 bridgehead atoms. The van der Waals surface area contributed by atoms with Crippen molar-refractivity contribution in [1.29, 1.82) is 0 Å². The zero-order valence-corrected chi connectivity index (χ0v) is 11.9. The summed E-state index contributed by atoms with van der Waals surface area (Å²) in [6.07, 6.45) is 1.84. The van der Waals surface area contributed by atoms with Crippen molar-refractivity contribution in [2.24, 2.45) is 0 Å². The summed E-state index contributed by atoms with van der Waals surface area (Å²) in [5, 5.41) is 14.0. The number of aliphatic hydroxyl groups excluding tert-OH is 1. The van der Waals surface area contributed by atoms with Crippen LogP contribution in [-0.2, 0) is 13.0 Å². The molecule has 104 valence electrons. The van der Waals surface area contributed by atoms with Gasteiger partial charge < -0.3 is 10.4 Å². The molecule has 3 rings (SSSR count). The Morgan fingerprint density at radius 2 is 2.00 bits per heavy atom. The highest BCUT2D eigenvalue weighted by Gasteiger charge is 2.40. The van der Waals surface area contributed by atoms with E-state index in [1.54, 1.807) is 0 Å². The summed E-state index contributed by atoms with van der Waals surface area (Å²) in [5.41, 5.74) is 2.72. The number of piperidine rings is 1. The lowest BCUT2D eigenvalue weighted by Crippen LogP contribution is -2.64. The Morgan fingerprint density at radius 1 is 1.26 bits per heavy atom. The van der Waals surface area contributed by atoms with Gasteiger partial charge in [0.2, 0.25) is 0 Å². The summed E-state index contributed by atoms with van der Waals surface area (Å²) in [6, 6.07) is 8.97. The molecule has 0 amide bonds. The molecule has 0 radical (unpaired) electrons. The van der Waals surface area contributed by atoms with Crippen LogP contribution in [0, 0.1) is 0 Å². The largest absolute Gasteiger partial charge is 0.390 e. The van der Waals surface area contributed by atoms with Crippen molar-refractivity contribution < 1.29 is 5.11 Å². The second kappa shape index (κ2) is 4.89. The summed E-state index contributed by atoms with van der Waals surface area (Å²) in [6.45, 7) is 7.24. The molecular formula is C16H24N2O. The van der Waals surface area contributed by atoms with Crippen LogP contribution in [0.2, 0.25) is 0 Å². The molecule has 2 heterocycles. The van der Waals surface area contributed by atoms with Crippen LogP contribution in [0.1, 0.15) is 31.4 Å². The third kappa shape index (κ3) is 2.42. The Hall–Kier alpha value is -0.900. The highest BCUT2D eigenvalue weighted by molar-refractivity contribution is 5.29. The molecule has 1 aromatic rings. The molecular weight excluding hydrogens is 236 g/mol. The Balaban J connectivity index is 1.77. The van der Waals surface area contributed by atoms with E-state index in [9.17, 15) is 5.11 Å². The van der Waals surface area contributed by atoms with Crippen LogP contribution >= 0.6 is 0 Å². The molecule has 1 aromatic carbocycles. The van der Waals surface area contributed by atoms with E-state index in [1.807, 2.05) is 0 Å². The third-order valence-electron chi connectivity index (χ3n) is 4.75. The zero-order chi connectivity index (χ0) is 13.5. The molecule has 0 aromatic heterocycles. The normalized spacial score (nSPS) is 30.9. The minimum Gasteiger partial charge on any atom is -0.390 e. The van der Waals surface area contributed by atoms with Crippen molar-refractivity contribution in [2.75, 3.05) is 13.1 Å². The number of benzene rings is 1. The minimum atomic E-state index is -0.300. The van der Waals surface area contributed by atoms with Crippen LogP contribution in [0.25, 0.3) is 0 Å². The fraction of sp³-hybridized carbons (Fsp3) is 0.625. The fourth-order valence-corrected chi connectivity index (χ4v) is 3.47. The SMILES string of the molecule is CC1(C)NCCC(N2CCc3ccccc3C2)C1O. The van der Waals surface area contributed by atoms with Crippen LogP contribution in [0.3, 0.4) is 0 Å². The predicted molar refractivity (Wildman–Crippen MR) is 77.0 cm³/mol. The van der Waals surface area contributed by atoms with Crippen molar-refractivity contribution >= 4 is 0 Å². The summed E-state index contributed by atoms with van der Waals surface area (Å²) in [4.78, 5) is 2.47. The monoisotopic (exact) mass is 260 g/mol. The molecule has 2 unspecified atom stereocenters. The van der Waals surface area contributed by atoms with Gasteiger partial charge in [0.1, 0.15) is 0 Å². The first kappa shape index (κ1) is 13.1. The third-order valence-corrected chi connectivity index (χ3v) is 4.75. The van der Waals surface area contributed by atoms with Crippen molar-refractivity contribution in [3.8, 4) is 0 Å². The van der Waals surface area contributed by atoms with Gasteiger partial charge in [0, 0.05) is 24.7 Å². The van der Waals surface area contributed by atoms with Crippen molar-refractivity contribution in [1.82, 2.24) is 10.2 Å². The van der Waals surface area contributed by atoms with Gasteiger partial charge in [0.25, 0.3) is 0 Å². The number of fused-ring (bicyclic) bond motifs is 1. The second-order valence-corrected chi connectivity index (χ2v) is 6.44. The van der Waals surface area contributed by atoms with Gasteiger partial charge in [-0.1, -0.05) is 24.3 Å². The van der Waals surface area contributed by atoms with Gasteiger partial charge in [-0.25, -0.2) is 0 Å². The summed E-state index contributed by atoms with van der Waals surface area (Å²) < 4.78 is 0. The maximum atomic E-state index is 10.6. The standard InChI is InChI=1S/C16H24N2O/c1-16(2)15(19)14(7-9-17-16)18-10-8-12-5-3-4-6-13(12)11-18/h3-6,14-15,17,19H,7-11H2,1-2H3. The Kier molecular flexibility index (Phi) is 3.37. The van der Waals surface area contributed by atoms with Crippen molar-refractivity contribution in [3.05, 3.63) is 35.4 Å². The quantitative estimate of drug-likeness (QED) is 0.804. The van der Waals surface area contributed by atoms with Crippen LogP contribution < -0.4 is 5.32 Å². The van der Waals surface area contributed by atoms with E-state index in [-0.39, 0.29) is 17.7 Å². The first-order valence-electron chi connectivity index (χ1n) is 7.32. The van der Waals surface area contributed by atoms with Gasteiger partial charge in [-0.05, 0) is 44.4 Å². The van der Waals surface area contributed by atoms with E-state index >= 15 is 0 Å². The van der Waals surface area contributed by atoms with Crippen molar-refractivity contribution in [3.63, 3.8) is 0 Å². The molecule has 2 aliphatic rings. The smallest absolute Gasteiger partial charge is 0.0871 e. The number of nitrogens with zero attached hydrogens (tertiary/aromatic N) is 1. The molecule has 3 heteroatoms. The van der Waals surface area contributed by atoms with Gasteiger partial charge in [0.05, 0.1) is 6.10 Å². The highest BCUT2D eigenvalue weighted by atomic mass is 16.3. The summed E-state index contributed by atoms with van der Waals surface area (Å²) in [7, 11) is 0. The van der Waals surface area contributed by atoms with Gasteiger partial charge in [-0.2, -0.15) is 0 Å². The predicted octanol–water partition coefficient (Wildman–Crippen LogP) is 1.55. The van der Waals surface area contributed by atoms with Crippen molar-refractivity contribution in [2.45, 2.75) is 50.9 Å². The first-order chi connectivity index (χ1) is 9.08. The first-order valence-corrected chi connectivity index (χ1v) is 7.32. The Bertz CT molecular complexity index is 458. The van der Waals surface area contributed by atoms with Crippen LogP contribution in [0.4, 0.5) is 0 Å². The lowest BCUT2D eigenvalue weighted by Gasteiger charge is -2.47. The minimum absolute atomic E-state index is 0.181. The number of hydrogen-bond acceptors (Lipinski definition) is 3. The van der Waals surface area contributed by atoms with E-state index in [0.717, 1.165) is 32.5 Å². The zero-order valence-electron chi connectivity index (χ0n) is 11.9. The Labute approximate surface area is 115 Å². The average Bonchev–Trinajstić information content (AvgIpc) is 2.41. The summed E-state index contributed by atoms with van der Waals surface area (Å²) >= 11 is 0. The van der Waals surface area contributed by atoms with E-state index < -0.39 is 0 Å². The van der Waals surface area contributed by atoms with E-state index in [0.29, 0.717) is 0 Å². The fourth-order valence-electron chi connectivity index (χ4n) is 3.47. The number of aliphatic hydroxyl groups is 1. The van der Waals surface area contributed by atoms with Gasteiger partial charge in [-0.15, -0.1) is 0 Å². The van der Waals surface area contributed by atoms with Gasteiger partial charge in [-0.3, -0.25) is 4.90 Å². The highest BCUT2D eigenvalue weighted by Crippen LogP contribution is 2.28. The Morgan fingerprint density at radius 3 is 2.79 bits per heavy atom. The molecule has 3 nitrogen and oxygen atoms in total. The molecule has 2 aliphatic heterocycles. The van der Waals surface area contributed by atoms with E-state index in [2.05, 4.69) is 48.3 Å². The topological polar surface area (TPSA) is 35.5 Å². The van der Waals surface area contributed by atoms with Crippen LogP contribution in [0.15, 0.2) is 24.3 Å². The van der Waals surface area contributed by atoms with Gasteiger partial charge in [0.15, 0.2) is 0 Å². The average molecular weight is 260 g/mol. The molecule has 2 N–H and O–H groups in total. The number of rotatable bonds is 1. The summed E-state index contributed by atoms with van der Waals surface area (Å²) in [5.74, 6) is 0. The molecule has 2 atom stereocenters. The molecule has 0 spiro atoms. The molecule has 1 fully saturated rings. The van der Waals surface area contributed by atoms with E-state index in [4.69, 9.17) is 0 Å². The lowest BCUT2D eigenvalue weighted by molar-refractivity contribution is -0.0340. The molecule has 1 saturated heterocycles. The lowest BCUT2D eigenvalue weighted by atomic mass is 9.84. The molecule has 0 saturated carbocycles. The second-order valence-electron chi connectivity index (χ2n) is 6.44. The maximum absolute atomic E-state index is 10.6. The van der Waals surface area contributed by atoms with E-state index in [1.165, 1.54) is 11.1 Å². The van der Waals surface area contributed by atoms with Gasteiger partial charge >= 0.3 is 0 Å². The number of nitrogens with one attached hydrogen (secondary N) is 1. The van der Waals surface area contributed by atoms with Crippen LogP contribution in [-0.4, -0.2) is 40.8 Å².